The average Bonchev–Trinajstić information content (AvgIpc) is 3.17. The first kappa shape index (κ1) is 12.8. The van der Waals surface area contributed by atoms with Crippen LogP contribution in [-0.4, -0.2) is 12.1 Å². The van der Waals surface area contributed by atoms with Gasteiger partial charge in [0.1, 0.15) is 11.1 Å². The summed E-state index contributed by atoms with van der Waals surface area (Å²) in [5.74, 6) is 0.666. The Morgan fingerprint density at radius 3 is 3.00 bits per heavy atom. The molecule has 1 fully saturated rings. The molecule has 3 rings (SSSR count). The monoisotopic (exact) mass is 274 g/mol. The second kappa shape index (κ2) is 5.41. The summed E-state index contributed by atoms with van der Waals surface area (Å²) in [6.07, 6.45) is 2.70. The van der Waals surface area contributed by atoms with E-state index < -0.39 is 0 Å². The van der Waals surface area contributed by atoms with Crippen LogP contribution in [0.1, 0.15) is 29.5 Å². The van der Waals surface area contributed by atoms with E-state index in [0.717, 1.165) is 21.8 Å². The fourth-order valence-corrected chi connectivity index (χ4v) is 3.30. The summed E-state index contributed by atoms with van der Waals surface area (Å²) in [4.78, 5) is 4.74. The predicted octanol–water partition coefficient (Wildman–Crippen LogP) is 3.37. The van der Waals surface area contributed by atoms with E-state index in [0.29, 0.717) is 12.5 Å². The first-order chi connectivity index (χ1) is 9.31. The third-order valence-electron chi connectivity index (χ3n) is 3.53. The minimum atomic E-state index is 0.177. The van der Waals surface area contributed by atoms with E-state index in [1.54, 1.807) is 18.4 Å². The van der Waals surface area contributed by atoms with Gasteiger partial charge in [0.05, 0.1) is 5.69 Å². The molecule has 0 amide bonds. The van der Waals surface area contributed by atoms with Gasteiger partial charge in [-0.3, -0.25) is 0 Å². The lowest BCUT2D eigenvalue weighted by Crippen LogP contribution is -2.03. The summed E-state index contributed by atoms with van der Waals surface area (Å²) in [6, 6.07) is 8.26. The Hall–Kier alpha value is -1.23. The van der Waals surface area contributed by atoms with Gasteiger partial charge in [0.25, 0.3) is 0 Å². The van der Waals surface area contributed by atoms with E-state index >= 15 is 0 Å². The highest BCUT2D eigenvalue weighted by Gasteiger charge is 2.34. The Morgan fingerprint density at radius 2 is 2.32 bits per heavy atom. The number of hydrogen-bond acceptors (Lipinski definition) is 4. The molecular weight excluding hydrogens is 256 g/mol. The largest absolute Gasteiger partial charge is 0.374 e. The maximum absolute atomic E-state index is 5.68. The zero-order valence-corrected chi connectivity index (χ0v) is 11.8. The molecule has 100 valence electrons. The van der Waals surface area contributed by atoms with Crippen LogP contribution in [0.15, 0.2) is 29.6 Å². The van der Waals surface area contributed by atoms with Crippen LogP contribution in [0.3, 0.4) is 0 Å². The number of nitrogens with two attached hydrogens (primary N) is 1. The molecule has 1 unspecified atom stereocenters. The van der Waals surface area contributed by atoms with E-state index in [4.69, 9.17) is 15.5 Å². The molecule has 2 aromatic rings. The van der Waals surface area contributed by atoms with Crippen LogP contribution < -0.4 is 5.73 Å². The van der Waals surface area contributed by atoms with E-state index in [9.17, 15) is 0 Å². The van der Waals surface area contributed by atoms with Gasteiger partial charge in [-0.1, -0.05) is 18.2 Å². The van der Waals surface area contributed by atoms with Crippen LogP contribution in [-0.2, 0) is 11.3 Å². The molecule has 1 saturated carbocycles. The summed E-state index contributed by atoms with van der Waals surface area (Å²) in [5.41, 5.74) is 8.98. The van der Waals surface area contributed by atoms with Gasteiger partial charge in [-0.15, -0.1) is 11.3 Å². The van der Waals surface area contributed by atoms with Gasteiger partial charge < -0.3 is 10.5 Å². The molecule has 19 heavy (non-hydrogen) atoms. The number of ether oxygens (including phenoxy) is 1. The zero-order chi connectivity index (χ0) is 13.2. The first-order valence-corrected chi connectivity index (χ1v) is 7.47. The Kier molecular flexibility index (Phi) is 3.64. The Bertz CT molecular complexity index is 563. The van der Waals surface area contributed by atoms with Crippen molar-refractivity contribution in [1.29, 1.82) is 0 Å². The van der Waals surface area contributed by atoms with Crippen molar-refractivity contribution in [2.75, 3.05) is 7.11 Å². The van der Waals surface area contributed by atoms with Crippen molar-refractivity contribution in [3.05, 3.63) is 40.2 Å². The van der Waals surface area contributed by atoms with Crippen molar-refractivity contribution >= 4 is 11.3 Å². The standard InChI is InChI=1S/C15H18N2OS/c1-18-14(11-5-6-11)15-17-13(9-19-15)12-4-2-3-10(7-12)8-16/h2-4,7,9,11,14H,5-6,8,16H2,1H3. The minimum absolute atomic E-state index is 0.177. The second-order valence-electron chi connectivity index (χ2n) is 4.97. The van der Waals surface area contributed by atoms with Crippen LogP contribution >= 0.6 is 11.3 Å². The van der Waals surface area contributed by atoms with Gasteiger partial charge in [0, 0.05) is 24.6 Å². The molecule has 1 aliphatic carbocycles. The number of methoxy groups -OCH3 is 1. The van der Waals surface area contributed by atoms with E-state index in [1.807, 2.05) is 12.1 Å². The van der Waals surface area contributed by atoms with Gasteiger partial charge in [0.2, 0.25) is 0 Å². The quantitative estimate of drug-likeness (QED) is 0.909. The molecule has 1 atom stereocenters. The first-order valence-electron chi connectivity index (χ1n) is 6.59. The number of nitrogens with zero attached hydrogens (tertiary/aromatic N) is 1. The molecule has 0 spiro atoms. The van der Waals surface area contributed by atoms with Crippen molar-refractivity contribution in [2.24, 2.45) is 11.7 Å². The molecule has 0 saturated heterocycles. The fourth-order valence-electron chi connectivity index (χ4n) is 2.30. The van der Waals surface area contributed by atoms with Gasteiger partial charge in [0.15, 0.2) is 0 Å². The molecule has 1 aromatic carbocycles. The van der Waals surface area contributed by atoms with Crippen molar-refractivity contribution in [2.45, 2.75) is 25.5 Å². The third kappa shape index (κ3) is 2.71. The lowest BCUT2D eigenvalue weighted by molar-refractivity contribution is 0.0844. The summed E-state index contributed by atoms with van der Waals surface area (Å²) >= 11 is 1.69. The van der Waals surface area contributed by atoms with Crippen LogP contribution in [0.5, 0.6) is 0 Å². The summed E-state index contributed by atoms with van der Waals surface area (Å²) in [6.45, 7) is 0.563. The Labute approximate surface area is 117 Å². The van der Waals surface area contributed by atoms with Crippen molar-refractivity contribution in [1.82, 2.24) is 4.98 Å². The predicted molar refractivity (Wildman–Crippen MR) is 77.9 cm³/mol. The van der Waals surface area contributed by atoms with Gasteiger partial charge in [-0.05, 0) is 30.4 Å². The normalized spacial score (nSPS) is 16.5. The van der Waals surface area contributed by atoms with Crippen molar-refractivity contribution < 1.29 is 4.74 Å². The van der Waals surface area contributed by atoms with Crippen LogP contribution in [0.2, 0.25) is 0 Å². The maximum Gasteiger partial charge on any atom is 0.122 e. The number of hydrogen-bond donors (Lipinski definition) is 1. The van der Waals surface area contributed by atoms with Gasteiger partial charge in [-0.25, -0.2) is 4.98 Å². The minimum Gasteiger partial charge on any atom is -0.374 e. The number of aromatic nitrogens is 1. The lowest BCUT2D eigenvalue weighted by Gasteiger charge is -2.10. The number of thiazole rings is 1. The highest BCUT2D eigenvalue weighted by Crippen LogP contribution is 2.44. The van der Waals surface area contributed by atoms with Crippen LogP contribution in [0, 0.1) is 5.92 Å². The average molecular weight is 274 g/mol. The highest BCUT2D eigenvalue weighted by molar-refractivity contribution is 7.10. The molecule has 0 bridgehead atoms. The fraction of sp³-hybridized carbons (Fsp3) is 0.400. The molecule has 1 aliphatic rings. The molecule has 0 radical (unpaired) electrons. The van der Waals surface area contributed by atoms with E-state index in [2.05, 4.69) is 17.5 Å². The van der Waals surface area contributed by atoms with Crippen molar-refractivity contribution in [3.8, 4) is 11.3 Å². The van der Waals surface area contributed by atoms with Gasteiger partial charge in [-0.2, -0.15) is 0 Å². The smallest absolute Gasteiger partial charge is 0.122 e. The topological polar surface area (TPSA) is 48.1 Å². The van der Waals surface area contributed by atoms with E-state index in [1.165, 1.54) is 12.8 Å². The van der Waals surface area contributed by atoms with Crippen LogP contribution in [0.4, 0.5) is 0 Å². The number of benzene rings is 1. The highest BCUT2D eigenvalue weighted by atomic mass is 32.1. The molecule has 2 N–H and O–H groups in total. The SMILES string of the molecule is COC(c1nc(-c2cccc(CN)c2)cs1)C1CC1. The Balaban J connectivity index is 1.87. The molecular formula is C15H18N2OS. The summed E-state index contributed by atoms with van der Waals surface area (Å²) in [7, 11) is 1.78. The Morgan fingerprint density at radius 1 is 1.47 bits per heavy atom. The summed E-state index contributed by atoms with van der Waals surface area (Å²) in [5, 5.41) is 3.21. The third-order valence-corrected chi connectivity index (χ3v) is 4.43. The van der Waals surface area contributed by atoms with E-state index in [-0.39, 0.29) is 6.10 Å². The molecule has 1 aromatic heterocycles. The van der Waals surface area contributed by atoms with Crippen LogP contribution in [0.25, 0.3) is 11.3 Å². The second-order valence-corrected chi connectivity index (χ2v) is 5.86. The molecule has 0 aliphatic heterocycles. The van der Waals surface area contributed by atoms with Crippen molar-refractivity contribution in [3.63, 3.8) is 0 Å². The molecule has 3 nitrogen and oxygen atoms in total. The maximum atomic E-state index is 5.68. The lowest BCUT2D eigenvalue weighted by atomic mass is 10.1. The zero-order valence-electron chi connectivity index (χ0n) is 11.0. The van der Waals surface area contributed by atoms with Gasteiger partial charge >= 0.3 is 0 Å². The number of rotatable bonds is 5. The molecule has 4 heteroatoms. The molecule has 1 heterocycles. The summed E-state index contributed by atoms with van der Waals surface area (Å²) < 4.78 is 5.58.